The molecule has 0 radical (unpaired) electrons. The highest BCUT2D eigenvalue weighted by atomic mass is 79.9. The zero-order chi connectivity index (χ0) is 15.0. The fourth-order valence-electron chi connectivity index (χ4n) is 1.56. The van der Waals surface area contributed by atoms with Gasteiger partial charge in [-0.15, -0.1) is 0 Å². The molecule has 4 nitrogen and oxygen atoms in total. The number of aliphatic hydroxyl groups is 1. The van der Waals surface area contributed by atoms with E-state index >= 15 is 0 Å². The molecule has 1 N–H and O–H groups in total. The van der Waals surface area contributed by atoms with E-state index in [9.17, 15) is 9.18 Å². The third-order valence-electron chi connectivity index (χ3n) is 2.61. The number of benzene rings is 1. The number of hydrogen-bond acceptors (Lipinski definition) is 3. The summed E-state index contributed by atoms with van der Waals surface area (Å²) in [6.07, 6.45) is 2.70. The topological polar surface area (TPSA) is 49.8 Å². The summed E-state index contributed by atoms with van der Waals surface area (Å²) >= 11 is 3.25. The lowest BCUT2D eigenvalue weighted by Crippen LogP contribution is -2.34. The molecule has 0 atom stereocenters. The molecule has 0 aromatic heterocycles. The predicted molar refractivity (Wildman–Crippen MR) is 78.7 cm³/mol. The summed E-state index contributed by atoms with van der Waals surface area (Å²) in [5.74, 6) is -0.696. The van der Waals surface area contributed by atoms with Crippen LogP contribution in [0.4, 0.5) is 4.39 Å². The van der Waals surface area contributed by atoms with E-state index in [1.54, 1.807) is 12.1 Å². The van der Waals surface area contributed by atoms with Crippen LogP contribution in [0.3, 0.4) is 0 Å². The third-order valence-corrected chi connectivity index (χ3v) is 3.10. The van der Waals surface area contributed by atoms with Gasteiger partial charge < -0.3 is 14.7 Å². The summed E-state index contributed by atoms with van der Waals surface area (Å²) in [5.41, 5.74) is 0.323. The van der Waals surface area contributed by atoms with Crippen molar-refractivity contribution in [3.05, 3.63) is 40.1 Å². The Kier molecular flexibility index (Phi) is 7.43. The van der Waals surface area contributed by atoms with Gasteiger partial charge in [-0.3, -0.25) is 4.79 Å². The molecule has 0 heterocycles. The smallest absolute Gasteiger partial charge is 0.246 e. The highest BCUT2D eigenvalue weighted by molar-refractivity contribution is 9.10. The Bertz CT molecular complexity index is 479. The van der Waals surface area contributed by atoms with Crippen LogP contribution >= 0.6 is 15.9 Å². The SMILES string of the molecule is COCCN(CCO)C(=O)/C=C/c1cc(Br)ccc1F. The molecular formula is C14H17BrFNO3. The summed E-state index contributed by atoms with van der Waals surface area (Å²) < 4.78 is 19.1. The number of carbonyl (C=O) groups is 1. The van der Waals surface area contributed by atoms with Crippen LogP contribution in [-0.2, 0) is 9.53 Å². The summed E-state index contributed by atoms with van der Waals surface area (Å²) in [5, 5.41) is 8.93. The zero-order valence-electron chi connectivity index (χ0n) is 11.2. The van der Waals surface area contributed by atoms with Crippen molar-refractivity contribution in [2.45, 2.75) is 0 Å². The second-order valence-electron chi connectivity index (χ2n) is 4.04. The van der Waals surface area contributed by atoms with Crippen molar-refractivity contribution in [1.82, 2.24) is 4.90 Å². The first-order valence-electron chi connectivity index (χ1n) is 6.10. The molecule has 0 saturated carbocycles. The molecule has 0 aliphatic rings. The fourth-order valence-corrected chi connectivity index (χ4v) is 1.94. The second kappa shape index (κ2) is 8.84. The highest BCUT2D eigenvalue weighted by Gasteiger charge is 2.09. The number of halogens is 2. The molecule has 1 aromatic rings. The first-order valence-corrected chi connectivity index (χ1v) is 6.89. The summed E-state index contributed by atoms with van der Waals surface area (Å²) in [4.78, 5) is 13.4. The van der Waals surface area contributed by atoms with E-state index in [-0.39, 0.29) is 19.1 Å². The van der Waals surface area contributed by atoms with Gasteiger partial charge in [0.05, 0.1) is 13.2 Å². The number of hydrogen-bond donors (Lipinski definition) is 1. The number of methoxy groups -OCH3 is 1. The summed E-state index contributed by atoms with van der Waals surface area (Å²) in [6, 6.07) is 4.50. The molecule has 0 bridgehead atoms. The molecule has 0 fully saturated rings. The van der Waals surface area contributed by atoms with Gasteiger partial charge >= 0.3 is 0 Å². The molecule has 20 heavy (non-hydrogen) atoms. The van der Waals surface area contributed by atoms with Crippen molar-refractivity contribution in [1.29, 1.82) is 0 Å². The van der Waals surface area contributed by atoms with Crippen molar-refractivity contribution < 1.29 is 19.0 Å². The first kappa shape index (κ1) is 16.8. The number of aliphatic hydroxyl groups excluding tert-OH is 1. The summed E-state index contributed by atoms with van der Waals surface area (Å²) in [7, 11) is 1.54. The van der Waals surface area contributed by atoms with Gasteiger partial charge in [-0.25, -0.2) is 4.39 Å². The van der Waals surface area contributed by atoms with E-state index < -0.39 is 5.82 Å². The van der Waals surface area contributed by atoms with Crippen LogP contribution in [0, 0.1) is 5.82 Å². The lowest BCUT2D eigenvalue weighted by molar-refractivity contribution is -0.127. The maximum absolute atomic E-state index is 13.5. The number of carbonyl (C=O) groups excluding carboxylic acids is 1. The van der Waals surface area contributed by atoms with Crippen molar-refractivity contribution >= 4 is 27.9 Å². The van der Waals surface area contributed by atoms with Crippen LogP contribution in [0.2, 0.25) is 0 Å². The average Bonchev–Trinajstić information content (AvgIpc) is 2.44. The van der Waals surface area contributed by atoms with Gasteiger partial charge in [0.15, 0.2) is 0 Å². The molecule has 0 spiro atoms. The van der Waals surface area contributed by atoms with Crippen LogP contribution in [0.25, 0.3) is 6.08 Å². The van der Waals surface area contributed by atoms with Crippen molar-refractivity contribution in [2.24, 2.45) is 0 Å². The van der Waals surface area contributed by atoms with Crippen LogP contribution in [-0.4, -0.2) is 49.3 Å². The van der Waals surface area contributed by atoms with E-state index in [0.29, 0.717) is 18.7 Å². The molecular weight excluding hydrogens is 329 g/mol. The minimum Gasteiger partial charge on any atom is -0.395 e. The molecule has 0 aliphatic carbocycles. The van der Waals surface area contributed by atoms with Crippen molar-refractivity contribution in [3.8, 4) is 0 Å². The molecule has 1 aromatic carbocycles. The van der Waals surface area contributed by atoms with Crippen molar-refractivity contribution in [2.75, 3.05) is 33.4 Å². The average molecular weight is 346 g/mol. The third kappa shape index (κ3) is 5.40. The van der Waals surface area contributed by atoms with Gasteiger partial charge in [-0.1, -0.05) is 15.9 Å². The van der Waals surface area contributed by atoms with Gasteiger partial charge in [0, 0.05) is 36.3 Å². The lowest BCUT2D eigenvalue weighted by atomic mass is 10.2. The maximum atomic E-state index is 13.5. The lowest BCUT2D eigenvalue weighted by Gasteiger charge is -2.19. The Labute approximate surface area is 126 Å². The van der Waals surface area contributed by atoms with Crippen LogP contribution in [0.5, 0.6) is 0 Å². The number of amides is 1. The predicted octanol–water partition coefficient (Wildman–Crippen LogP) is 2.07. The van der Waals surface area contributed by atoms with Gasteiger partial charge in [0.1, 0.15) is 5.82 Å². The zero-order valence-corrected chi connectivity index (χ0v) is 12.8. The van der Waals surface area contributed by atoms with E-state index in [0.717, 1.165) is 4.47 Å². The van der Waals surface area contributed by atoms with E-state index in [2.05, 4.69) is 15.9 Å². The Balaban J connectivity index is 2.75. The van der Waals surface area contributed by atoms with Crippen molar-refractivity contribution in [3.63, 3.8) is 0 Å². The quantitative estimate of drug-likeness (QED) is 0.769. The summed E-state index contributed by atoms with van der Waals surface area (Å²) in [6.45, 7) is 0.841. The number of ether oxygens (including phenoxy) is 1. The largest absolute Gasteiger partial charge is 0.395 e. The molecule has 1 amide bonds. The Morgan fingerprint density at radius 3 is 2.90 bits per heavy atom. The van der Waals surface area contributed by atoms with Gasteiger partial charge in [0.2, 0.25) is 5.91 Å². The molecule has 0 unspecified atom stereocenters. The molecule has 1 rings (SSSR count). The Morgan fingerprint density at radius 2 is 2.25 bits per heavy atom. The molecule has 6 heteroatoms. The molecule has 0 saturated heterocycles. The van der Waals surface area contributed by atoms with Gasteiger partial charge in [-0.05, 0) is 24.3 Å². The standard InChI is InChI=1S/C14H17BrFNO3/c1-20-9-7-17(6-8-18)14(19)5-2-11-10-12(15)3-4-13(11)16/h2-5,10,18H,6-9H2,1H3/b5-2+. The van der Waals surface area contributed by atoms with Crippen LogP contribution in [0.1, 0.15) is 5.56 Å². The Hall–Kier alpha value is -1.24. The first-order chi connectivity index (χ1) is 9.58. The van der Waals surface area contributed by atoms with Crippen LogP contribution < -0.4 is 0 Å². The Morgan fingerprint density at radius 1 is 1.50 bits per heavy atom. The van der Waals surface area contributed by atoms with E-state index in [1.165, 1.54) is 30.2 Å². The van der Waals surface area contributed by atoms with Crippen LogP contribution in [0.15, 0.2) is 28.7 Å². The second-order valence-corrected chi connectivity index (χ2v) is 4.96. The monoisotopic (exact) mass is 345 g/mol. The minimum atomic E-state index is -0.400. The molecule has 110 valence electrons. The van der Waals surface area contributed by atoms with E-state index in [4.69, 9.17) is 9.84 Å². The van der Waals surface area contributed by atoms with E-state index in [1.807, 2.05) is 0 Å². The van der Waals surface area contributed by atoms with Gasteiger partial charge in [-0.2, -0.15) is 0 Å². The number of rotatable bonds is 7. The van der Waals surface area contributed by atoms with Gasteiger partial charge in [0.25, 0.3) is 0 Å². The maximum Gasteiger partial charge on any atom is 0.246 e. The molecule has 0 aliphatic heterocycles. The number of nitrogens with zero attached hydrogens (tertiary/aromatic N) is 1. The minimum absolute atomic E-state index is 0.130. The normalized spacial score (nSPS) is 11.0. The highest BCUT2D eigenvalue weighted by Crippen LogP contribution is 2.16. The fraction of sp³-hybridized carbons (Fsp3) is 0.357.